The molecule has 129 heavy (non-hydrogen) atoms. The lowest BCUT2D eigenvalue weighted by Gasteiger charge is -2.21. The third kappa shape index (κ3) is 35.7. The molecule has 5 aromatic carbocycles. The van der Waals surface area contributed by atoms with E-state index >= 15 is 0 Å². The number of anilines is 10. The lowest BCUT2D eigenvalue weighted by Crippen LogP contribution is -2.25. The van der Waals surface area contributed by atoms with Gasteiger partial charge in [0.1, 0.15) is 94.9 Å². The van der Waals surface area contributed by atoms with Gasteiger partial charge >= 0.3 is 0 Å². The van der Waals surface area contributed by atoms with Gasteiger partial charge in [-0.1, -0.05) is 142 Å². The van der Waals surface area contributed by atoms with Crippen molar-refractivity contribution < 1.29 is 52.6 Å². The molecule has 0 aliphatic carbocycles. The molecule has 0 bridgehead atoms. The van der Waals surface area contributed by atoms with Crippen LogP contribution in [0.5, 0.6) is 17.2 Å². The third-order valence-electron chi connectivity index (χ3n) is 19.6. The molecule has 12 N–H and O–H groups in total. The van der Waals surface area contributed by atoms with Gasteiger partial charge in [0.15, 0.2) is 5.82 Å². The van der Waals surface area contributed by atoms with E-state index in [1.165, 1.54) is 58.6 Å². The Kier molecular flexibility index (Phi) is 39.1. The fourth-order valence-corrected chi connectivity index (χ4v) is 13.5. The Morgan fingerprint density at radius 1 is 0.380 bits per heavy atom. The number of methoxy groups -OCH3 is 3. The molecule has 0 spiro atoms. The first-order chi connectivity index (χ1) is 61.6. The molecule has 6 heterocycles. The maximum Gasteiger partial charge on any atom is 0.259 e. The summed E-state index contributed by atoms with van der Waals surface area (Å²) in [5, 5.41) is 41.2. The Bertz CT molecular complexity index is 5510. The van der Waals surface area contributed by atoms with Gasteiger partial charge < -0.3 is 72.7 Å². The van der Waals surface area contributed by atoms with Crippen LogP contribution in [0.25, 0.3) is 10.6 Å². The predicted octanol–water partition coefficient (Wildman–Crippen LogP) is 17.0. The van der Waals surface area contributed by atoms with Crippen molar-refractivity contribution in [1.29, 1.82) is 0 Å². The first-order valence-electron chi connectivity index (χ1n) is 42.7. The normalized spacial score (nSPS) is 10.9. The molecule has 0 saturated heterocycles. The van der Waals surface area contributed by atoms with Gasteiger partial charge in [0.05, 0.1) is 43.0 Å². The zero-order chi connectivity index (χ0) is 93.5. The van der Waals surface area contributed by atoms with Crippen molar-refractivity contribution in [2.75, 3.05) is 101 Å². The highest BCUT2D eigenvalue weighted by atomic mass is 32.1. The van der Waals surface area contributed by atoms with E-state index in [2.05, 4.69) is 183 Å². The average Bonchev–Trinajstić information content (AvgIpc) is 1.76. The number of nitrogens with one attached hydrogen (secondary N) is 12. The van der Waals surface area contributed by atoms with E-state index < -0.39 is 0 Å². The molecule has 6 aromatic heterocycles. The van der Waals surface area contributed by atoms with E-state index in [9.17, 15) is 38.4 Å². The molecule has 0 aliphatic rings. The van der Waals surface area contributed by atoms with Crippen molar-refractivity contribution in [3.05, 3.63) is 226 Å². The maximum atomic E-state index is 12.9. The number of aromatic amines is 1. The van der Waals surface area contributed by atoms with Crippen LogP contribution < -0.4 is 72.7 Å². The van der Waals surface area contributed by atoms with Crippen LogP contribution in [0.2, 0.25) is 0 Å². The minimum absolute atomic E-state index is 0.00201. The van der Waals surface area contributed by atoms with Gasteiger partial charge in [0.25, 0.3) is 11.8 Å². The largest absolute Gasteiger partial charge is 0.496 e. The number of ether oxygens (including phenoxy) is 3. The molecule has 0 radical (unpaired) electrons. The molecule has 682 valence electrons. The van der Waals surface area contributed by atoms with Crippen LogP contribution in [-0.2, 0) is 70.8 Å². The molecular formula is C96H121N21O11S. The highest BCUT2D eigenvalue weighted by Crippen LogP contribution is 2.33. The summed E-state index contributed by atoms with van der Waals surface area (Å²) in [6, 6.07) is 45.8. The lowest BCUT2D eigenvalue weighted by atomic mass is 9.85. The Hall–Kier alpha value is -14.1. The minimum Gasteiger partial charge on any atom is -0.496 e. The van der Waals surface area contributed by atoms with Crippen LogP contribution in [-0.4, -0.2) is 145 Å². The standard InChI is InChI=1S/C27H32N4O3.C26H31N5O3.C23H33N5O3.C20H25N7O2S/c1-18(32)31-26-15-25(29-17-30-26)28-16-20-8-6-7-19(11-20)12-23(33)14-21-13-22(27(2,3)4)9-10-24(21)34-5;1-17(32)30-24-15-23(28-16-29-24)27-13-12-18-6-9-20(10-7-18)31-25(33)21-14-19(26(2,3)4)8-11-22(21)34-5;1-16(29)28-21-14-20(26-15-27-21)24-11-7-6-8-12-25-22(30)18-13-17(23(2,3)4)9-10-19(18)31-5;1-14(28)24-18-12-17(22-13-23-18)21-9-5-3-2-4-8-20(29)25-19-11-15(26-27-19)16-7-6-10-30-16/h6-11,13,15,17H,12,14,16H2,1-5H3,(H2,28,29,30,31,32);6-11,14-16H,12-13H2,1-5H3,(H,31,33)(H2,27,28,29,30,32);9-10,13-15H,6-8,11-12H2,1-5H3,(H,25,30)(H2,24,26,27,28,29);6-7,10-13H,2-5,8-9H2,1H3,(H2,25,26,27,29)(H2,21,22,23,24,28). The van der Waals surface area contributed by atoms with Crippen molar-refractivity contribution in [1.82, 2.24) is 55.4 Å². The first-order valence-corrected chi connectivity index (χ1v) is 43.5. The van der Waals surface area contributed by atoms with Gasteiger partial charge in [0.2, 0.25) is 29.5 Å². The summed E-state index contributed by atoms with van der Waals surface area (Å²) in [4.78, 5) is 129. The monoisotopic (exact) mass is 1780 g/mol. The van der Waals surface area contributed by atoms with Crippen LogP contribution in [0.4, 0.5) is 58.0 Å². The molecule has 0 saturated carbocycles. The quantitative estimate of drug-likeness (QED) is 0.0160. The number of carbonyl (C=O) groups is 8. The summed E-state index contributed by atoms with van der Waals surface area (Å²) < 4.78 is 16.3. The number of nitrogens with zero attached hydrogens (tertiary/aromatic N) is 9. The van der Waals surface area contributed by atoms with Crippen LogP contribution >= 0.6 is 11.3 Å². The zero-order valence-corrected chi connectivity index (χ0v) is 77.3. The minimum atomic E-state index is -0.212. The number of Topliss-reactive ketones (excluding diaryl/α,β-unsaturated/α-hetero) is 1. The first kappa shape index (κ1) is 100. The van der Waals surface area contributed by atoms with Gasteiger partial charge in [0, 0.05) is 121 Å². The molecule has 33 heteroatoms. The van der Waals surface area contributed by atoms with E-state index in [-0.39, 0.29) is 63.4 Å². The molecule has 0 fully saturated rings. The second-order valence-electron chi connectivity index (χ2n) is 33.4. The van der Waals surface area contributed by atoms with E-state index in [4.69, 9.17) is 14.2 Å². The van der Waals surface area contributed by atoms with Crippen LogP contribution in [0.1, 0.15) is 201 Å². The fourth-order valence-electron chi connectivity index (χ4n) is 12.8. The lowest BCUT2D eigenvalue weighted by molar-refractivity contribution is -0.118. The Balaban J connectivity index is 0.000000213. The fraction of sp³-hybridized carbons (Fsp3) is 0.365. The highest BCUT2D eigenvalue weighted by Gasteiger charge is 2.23. The molecule has 32 nitrogen and oxygen atoms in total. The van der Waals surface area contributed by atoms with Crippen LogP contribution in [0.15, 0.2) is 176 Å². The van der Waals surface area contributed by atoms with E-state index in [0.717, 1.165) is 114 Å². The smallest absolute Gasteiger partial charge is 0.259 e. The molecule has 0 atom stereocenters. The van der Waals surface area contributed by atoms with Crippen LogP contribution in [0.3, 0.4) is 0 Å². The number of aromatic nitrogens is 10. The number of H-pyrrole nitrogens is 1. The molecule has 11 rings (SSSR count). The third-order valence-corrected chi connectivity index (χ3v) is 20.5. The van der Waals surface area contributed by atoms with Gasteiger partial charge in [-0.3, -0.25) is 43.5 Å². The number of unbranched alkanes of at least 4 members (excludes halogenated alkanes) is 5. The topological polar surface area (TPSA) is 428 Å². The van der Waals surface area contributed by atoms with Gasteiger partial charge in [-0.15, -0.1) is 11.3 Å². The summed E-state index contributed by atoms with van der Waals surface area (Å²) in [5.74, 6) is 5.89. The summed E-state index contributed by atoms with van der Waals surface area (Å²) in [6.07, 6.45) is 14.0. The van der Waals surface area contributed by atoms with Crippen molar-refractivity contribution in [3.8, 4) is 27.8 Å². The number of hydrogen-bond acceptors (Lipinski definition) is 25. The molecular weight excluding hydrogens is 1660 g/mol. The Morgan fingerprint density at radius 2 is 0.822 bits per heavy atom. The number of carbonyl (C=O) groups excluding carboxylic acids is 8. The van der Waals surface area contributed by atoms with E-state index in [1.54, 1.807) is 56.9 Å². The van der Waals surface area contributed by atoms with Gasteiger partial charge in [-0.2, -0.15) is 5.10 Å². The number of ketones is 1. The number of benzene rings is 5. The van der Waals surface area contributed by atoms with E-state index in [1.807, 2.05) is 115 Å². The number of hydrogen-bond donors (Lipinski definition) is 12. The van der Waals surface area contributed by atoms with Crippen molar-refractivity contribution >= 4 is 117 Å². The number of thiophene rings is 1. The zero-order valence-electron chi connectivity index (χ0n) is 76.5. The van der Waals surface area contributed by atoms with Crippen molar-refractivity contribution in [3.63, 3.8) is 0 Å². The maximum absolute atomic E-state index is 12.9. The number of amides is 7. The van der Waals surface area contributed by atoms with Crippen LogP contribution in [0, 0.1) is 0 Å². The molecule has 11 aromatic rings. The second-order valence-corrected chi connectivity index (χ2v) is 34.4. The molecule has 7 amide bonds. The van der Waals surface area contributed by atoms with Crippen molar-refractivity contribution in [2.45, 2.75) is 183 Å². The Morgan fingerprint density at radius 3 is 1.30 bits per heavy atom. The summed E-state index contributed by atoms with van der Waals surface area (Å²) in [5.41, 5.74) is 9.90. The molecule has 0 aliphatic heterocycles. The van der Waals surface area contributed by atoms with Gasteiger partial charge in [-0.05, 0) is 142 Å². The van der Waals surface area contributed by atoms with Crippen molar-refractivity contribution in [2.24, 2.45) is 0 Å². The average molecular weight is 1780 g/mol. The highest BCUT2D eigenvalue weighted by molar-refractivity contribution is 7.13. The summed E-state index contributed by atoms with van der Waals surface area (Å²) in [6.45, 7) is 28.2. The number of rotatable bonds is 38. The van der Waals surface area contributed by atoms with E-state index in [0.29, 0.717) is 120 Å². The SMILES string of the molecule is CC(=O)Nc1cc(NCCCCCCC(=O)Nc2cc(-c3cccs3)[nH]n2)ncn1.COc1ccc(C(C)(C)C)cc1C(=O)NCCCCCNc1cc(NC(C)=O)ncn1.COc1ccc(C(C)(C)C)cc1C(=O)Nc1ccc(CCNc2cc(NC(C)=O)ncn2)cc1.COc1ccc(C(C)(C)C)cc1CC(=O)Cc1cccc(CNc2cc(NC(C)=O)ncn2)c1. The predicted molar refractivity (Wildman–Crippen MR) is 510 cm³/mol. The van der Waals surface area contributed by atoms with Gasteiger partial charge in [-0.25, -0.2) is 39.9 Å². The summed E-state index contributed by atoms with van der Waals surface area (Å²) >= 11 is 1.62. The second kappa shape index (κ2) is 50.3. The Labute approximate surface area is 758 Å². The summed E-state index contributed by atoms with van der Waals surface area (Å²) in [7, 11) is 4.77. The molecule has 0 unspecified atom stereocenters.